The van der Waals surface area contributed by atoms with E-state index in [0.717, 1.165) is 30.6 Å². The van der Waals surface area contributed by atoms with Gasteiger partial charge in [-0.2, -0.15) is 13.2 Å². The van der Waals surface area contributed by atoms with Crippen molar-refractivity contribution in [3.05, 3.63) is 77.4 Å². The lowest BCUT2D eigenvalue weighted by Gasteiger charge is -2.34. The van der Waals surface area contributed by atoms with Crippen LogP contribution in [-0.2, 0) is 19.3 Å². The highest BCUT2D eigenvalue weighted by atomic mass is 19.4. The Balaban J connectivity index is 1.19. The third-order valence-corrected chi connectivity index (χ3v) is 8.32. The summed E-state index contributed by atoms with van der Waals surface area (Å²) >= 11 is 0. The topological polar surface area (TPSA) is 89.6 Å². The molecule has 0 spiro atoms. The molecular weight excluding hydrogens is 597 g/mol. The lowest BCUT2D eigenvalue weighted by Crippen LogP contribution is -2.45. The molecule has 6 rings (SSSR count). The fourth-order valence-electron chi connectivity index (χ4n) is 5.88. The lowest BCUT2D eigenvalue weighted by molar-refractivity contribution is -0.138. The SMILES string of the molecule is CCN1CCN(Cc2ccc(NC(=O)N3Cc4cc(Oc5ccnc6[nH]ccc56)cnc4C(C(F)F)C3)cc2C(F)(F)F)CC1. The van der Waals surface area contributed by atoms with E-state index in [0.29, 0.717) is 35.4 Å². The average Bonchev–Trinajstić information content (AvgIpc) is 3.51. The highest BCUT2D eigenvalue weighted by Gasteiger charge is 2.37. The molecule has 2 N–H and O–H groups in total. The molecule has 1 atom stereocenters. The van der Waals surface area contributed by atoms with Crippen LogP contribution < -0.4 is 10.1 Å². The maximum Gasteiger partial charge on any atom is 0.416 e. The Labute approximate surface area is 256 Å². The second kappa shape index (κ2) is 12.6. The first-order chi connectivity index (χ1) is 21.6. The fraction of sp³-hybridized carbons (Fsp3) is 0.387. The molecule has 4 aromatic rings. The third-order valence-electron chi connectivity index (χ3n) is 8.32. The molecular formula is C31H32F5N7O2. The first kappa shape index (κ1) is 30.7. The molecule has 1 unspecified atom stereocenters. The van der Waals surface area contributed by atoms with Gasteiger partial charge in [-0.15, -0.1) is 0 Å². The Morgan fingerprint density at radius 3 is 2.60 bits per heavy atom. The number of carbonyl (C=O) groups excluding carboxylic acids is 1. The van der Waals surface area contributed by atoms with E-state index in [2.05, 4.69) is 25.2 Å². The number of nitrogens with one attached hydrogen (secondary N) is 2. The minimum Gasteiger partial charge on any atom is -0.455 e. The predicted molar refractivity (Wildman–Crippen MR) is 157 cm³/mol. The van der Waals surface area contributed by atoms with Crippen molar-refractivity contribution < 1.29 is 31.5 Å². The molecule has 2 aliphatic rings. The molecule has 2 amide bonds. The van der Waals surface area contributed by atoms with Gasteiger partial charge in [-0.25, -0.2) is 18.6 Å². The van der Waals surface area contributed by atoms with Crippen LogP contribution in [0.4, 0.5) is 32.4 Å². The zero-order chi connectivity index (χ0) is 31.7. The maximum atomic E-state index is 14.1. The molecule has 238 valence electrons. The van der Waals surface area contributed by atoms with Crippen molar-refractivity contribution in [1.82, 2.24) is 29.7 Å². The number of piperazine rings is 1. The van der Waals surface area contributed by atoms with Gasteiger partial charge in [0.05, 0.1) is 28.8 Å². The van der Waals surface area contributed by atoms with Crippen molar-refractivity contribution >= 4 is 22.8 Å². The minimum absolute atomic E-state index is 0.0744. The number of nitrogens with zero attached hydrogens (tertiary/aromatic N) is 5. The summed E-state index contributed by atoms with van der Waals surface area (Å²) in [5.74, 6) is -0.627. The molecule has 9 nitrogen and oxygen atoms in total. The Bertz CT molecular complexity index is 1670. The van der Waals surface area contributed by atoms with Crippen LogP contribution in [0.3, 0.4) is 0 Å². The van der Waals surface area contributed by atoms with Crippen molar-refractivity contribution in [3.8, 4) is 11.5 Å². The van der Waals surface area contributed by atoms with Crippen molar-refractivity contribution in [2.75, 3.05) is 44.6 Å². The number of ether oxygens (including phenoxy) is 1. The number of carbonyl (C=O) groups is 1. The second-order valence-electron chi connectivity index (χ2n) is 11.2. The van der Waals surface area contributed by atoms with Gasteiger partial charge in [0.2, 0.25) is 6.43 Å². The largest absolute Gasteiger partial charge is 0.455 e. The van der Waals surface area contributed by atoms with E-state index in [9.17, 15) is 26.7 Å². The number of fused-ring (bicyclic) bond motifs is 2. The van der Waals surface area contributed by atoms with E-state index in [1.807, 2.05) is 11.8 Å². The molecule has 1 saturated heterocycles. The van der Waals surface area contributed by atoms with Crippen LogP contribution in [-0.4, -0.2) is 81.4 Å². The smallest absolute Gasteiger partial charge is 0.416 e. The monoisotopic (exact) mass is 629 g/mol. The number of urea groups is 1. The van der Waals surface area contributed by atoms with Gasteiger partial charge >= 0.3 is 12.2 Å². The highest BCUT2D eigenvalue weighted by molar-refractivity contribution is 5.89. The summed E-state index contributed by atoms with van der Waals surface area (Å²) in [4.78, 5) is 30.1. The van der Waals surface area contributed by atoms with Crippen LogP contribution in [0, 0.1) is 0 Å². The van der Waals surface area contributed by atoms with Gasteiger partial charge in [-0.3, -0.25) is 9.88 Å². The molecule has 0 bridgehead atoms. The van der Waals surface area contributed by atoms with Gasteiger partial charge in [0.1, 0.15) is 17.1 Å². The van der Waals surface area contributed by atoms with E-state index in [-0.39, 0.29) is 42.3 Å². The summed E-state index contributed by atoms with van der Waals surface area (Å²) in [6, 6.07) is 7.88. The fourth-order valence-corrected chi connectivity index (χ4v) is 5.88. The Hall–Kier alpha value is -4.30. The summed E-state index contributed by atoms with van der Waals surface area (Å²) in [5.41, 5.74) is 0.302. The van der Waals surface area contributed by atoms with Crippen LogP contribution >= 0.6 is 0 Å². The molecule has 2 aliphatic heterocycles. The summed E-state index contributed by atoms with van der Waals surface area (Å²) < 4.78 is 76.6. The number of amides is 2. The second-order valence-corrected chi connectivity index (χ2v) is 11.2. The number of likely N-dealkylation sites (N-methyl/N-ethyl adjacent to an activating group) is 1. The number of anilines is 1. The van der Waals surface area contributed by atoms with Crippen LogP contribution in [0.5, 0.6) is 11.5 Å². The zero-order valence-electron chi connectivity index (χ0n) is 24.5. The minimum atomic E-state index is -4.64. The number of hydrogen-bond acceptors (Lipinski definition) is 6. The van der Waals surface area contributed by atoms with E-state index < -0.39 is 30.1 Å². The van der Waals surface area contributed by atoms with Crippen molar-refractivity contribution in [3.63, 3.8) is 0 Å². The van der Waals surface area contributed by atoms with Gasteiger partial charge in [0.15, 0.2) is 0 Å². The summed E-state index contributed by atoms with van der Waals surface area (Å²) in [7, 11) is 0. The van der Waals surface area contributed by atoms with Crippen molar-refractivity contribution in [2.45, 2.75) is 38.5 Å². The number of aromatic nitrogens is 3. The van der Waals surface area contributed by atoms with Gasteiger partial charge < -0.3 is 24.8 Å². The van der Waals surface area contributed by atoms with Crippen LogP contribution in [0.1, 0.15) is 35.2 Å². The molecule has 3 aromatic heterocycles. The number of benzene rings is 1. The Morgan fingerprint density at radius 2 is 1.87 bits per heavy atom. The van der Waals surface area contributed by atoms with Crippen LogP contribution in [0.2, 0.25) is 0 Å². The molecule has 5 heterocycles. The van der Waals surface area contributed by atoms with Crippen LogP contribution in [0.15, 0.2) is 55.0 Å². The van der Waals surface area contributed by atoms with Crippen LogP contribution in [0.25, 0.3) is 11.0 Å². The van der Waals surface area contributed by atoms with Gasteiger partial charge in [-0.05, 0) is 48.0 Å². The normalized spacial score (nSPS) is 17.9. The van der Waals surface area contributed by atoms with Crippen molar-refractivity contribution in [2.24, 2.45) is 0 Å². The predicted octanol–water partition coefficient (Wildman–Crippen LogP) is 6.30. The van der Waals surface area contributed by atoms with Crippen molar-refractivity contribution in [1.29, 1.82) is 0 Å². The van der Waals surface area contributed by atoms with E-state index >= 15 is 0 Å². The molecule has 0 aliphatic carbocycles. The molecule has 0 radical (unpaired) electrons. The summed E-state index contributed by atoms with van der Waals surface area (Å²) in [6.45, 7) is 5.52. The van der Waals surface area contributed by atoms with Gasteiger partial charge in [-0.1, -0.05) is 13.0 Å². The first-order valence-electron chi connectivity index (χ1n) is 14.7. The van der Waals surface area contributed by atoms with Gasteiger partial charge in [0, 0.05) is 63.9 Å². The zero-order valence-corrected chi connectivity index (χ0v) is 24.5. The van der Waals surface area contributed by atoms with Gasteiger partial charge in [0.25, 0.3) is 0 Å². The highest BCUT2D eigenvalue weighted by Crippen LogP contribution is 2.37. The van der Waals surface area contributed by atoms with E-state index in [4.69, 9.17) is 4.74 Å². The summed E-state index contributed by atoms with van der Waals surface area (Å²) in [5, 5.41) is 3.20. The average molecular weight is 630 g/mol. The number of aromatic amines is 1. The quantitative estimate of drug-likeness (QED) is 0.233. The number of alkyl halides is 5. The number of rotatable bonds is 7. The number of halogens is 5. The molecule has 45 heavy (non-hydrogen) atoms. The third kappa shape index (κ3) is 6.71. The molecule has 0 saturated carbocycles. The standard InChI is InChI=1S/C31H32F5N7O2/c1-2-41-9-11-42(12-10-41)16-19-3-4-21(14-25(19)31(34,35)36)40-30(44)43-17-20-13-22(15-39-27(20)24(18-43)28(32)33)45-26-6-8-38-29-23(26)5-7-37-29/h3-8,13-15,24,28H,2,9-12,16-18H2,1H3,(H,37,38)(H,40,44). The van der Waals surface area contributed by atoms with E-state index in [1.165, 1.54) is 18.3 Å². The first-order valence-corrected chi connectivity index (χ1v) is 14.7. The maximum absolute atomic E-state index is 14.1. The summed E-state index contributed by atoms with van der Waals surface area (Å²) in [6.07, 6.45) is -2.85. The number of pyridine rings is 2. The molecule has 14 heteroatoms. The number of H-pyrrole nitrogens is 1. The van der Waals surface area contributed by atoms with E-state index in [1.54, 1.807) is 30.6 Å². The Kier molecular flexibility index (Phi) is 8.60. The Morgan fingerprint density at radius 1 is 1.09 bits per heavy atom. The lowest BCUT2D eigenvalue weighted by atomic mass is 9.95. The molecule has 1 fully saturated rings. The molecule has 1 aromatic carbocycles. The number of hydrogen-bond donors (Lipinski definition) is 2.